The molecule has 1 aromatic rings. The molecule has 5 nitrogen and oxygen atoms in total. The summed E-state index contributed by atoms with van der Waals surface area (Å²) in [6.07, 6.45) is 4.41. The van der Waals surface area contributed by atoms with Crippen molar-refractivity contribution in [2.45, 2.75) is 38.6 Å². The average molecular weight is 325 g/mol. The fourth-order valence-corrected chi connectivity index (χ4v) is 2.87. The highest BCUT2D eigenvalue weighted by Crippen LogP contribution is 2.23. The summed E-state index contributed by atoms with van der Waals surface area (Å²) in [6.45, 7) is 1.82. The van der Waals surface area contributed by atoms with Crippen LogP contribution in [0.15, 0.2) is 18.2 Å². The molecule has 2 rings (SSSR count). The van der Waals surface area contributed by atoms with E-state index in [1.54, 1.807) is 6.07 Å². The summed E-state index contributed by atoms with van der Waals surface area (Å²) in [5.41, 5.74) is 6.15. The Morgan fingerprint density at radius 2 is 2.09 bits per heavy atom. The van der Waals surface area contributed by atoms with E-state index in [1.807, 2.05) is 0 Å². The zero-order valence-electron chi connectivity index (χ0n) is 12.6. The van der Waals surface area contributed by atoms with E-state index in [2.05, 4.69) is 12.2 Å². The minimum Gasteiger partial charge on any atom is -0.452 e. The molecule has 0 unspecified atom stereocenters. The first-order valence-corrected chi connectivity index (χ1v) is 7.86. The van der Waals surface area contributed by atoms with Crippen LogP contribution in [0.4, 0.5) is 5.69 Å². The zero-order valence-corrected chi connectivity index (χ0v) is 13.4. The number of nitrogens with one attached hydrogen (secondary N) is 1. The van der Waals surface area contributed by atoms with Crippen molar-refractivity contribution in [1.29, 1.82) is 0 Å². The van der Waals surface area contributed by atoms with Crippen LogP contribution in [0.2, 0.25) is 5.02 Å². The van der Waals surface area contributed by atoms with Crippen LogP contribution in [0, 0.1) is 5.92 Å². The number of carbonyl (C=O) groups is 2. The number of amides is 1. The first-order chi connectivity index (χ1) is 10.5. The first kappa shape index (κ1) is 16.6. The van der Waals surface area contributed by atoms with E-state index in [1.165, 1.54) is 18.6 Å². The van der Waals surface area contributed by atoms with Gasteiger partial charge in [-0.15, -0.1) is 0 Å². The van der Waals surface area contributed by atoms with Gasteiger partial charge in [-0.1, -0.05) is 31.4 Å². The molecule has 1 aliphatic rings. The highest BCUT2D eigenvalue weighted by Gasteiger charge is 2.23. The van der Waals surface area contributed by atoms with E-state index in [4.69, 9.17) is 22.1 Å². The largest absolute Gasteiger partial charge is 0.452 e. The molecule has 22 heavy (non-hydrogen) atoms. The van der Waals surface area contributed by atoms with Crippen LogP contribution < -0.4 is 11.1 Å². The van der Waals surface area contributed by atoms with Gasteiger partial charge in [0.25, 0.3) is 5.91 Å². The summed E-state index contributed by atoms with van der Waals surface area (Å²) < 4.78 is 5.01. The van der Waals surface area contributed by atoms with Gasteiger partial charge in [-0.25, -0.2) is 4.79 Å². The Hall–Kier alpha value is -1.75. The molecule has 120 valence electrons. The number of anilines is 1. The minimum absolute atomic E-state index is 0.163. The molecule has 6 heteroatoms. The van der Waals surface area contributed by atoms with Gasteiger partial charge in [0, 0.05) is 16.8 Å². The summed E-state index contributed by atoms with van der Waals surface area (Å²) in [7, 11) is 0. The lowest BCUT2D eigenvalue weighted by Gasteiger charge is -2.29. The number of benzene rings is 1. The lowest BCUT2D eigenvalue weighted by atomic mass is 9.86. The van der Waals surface area contributed by atoms with E-state index in [0.29, 0.717) is 10.9 Å². The van der Waals surface area contributed by atoms with Crippen LogP contribution in [-0.4, -0.2) is 24.5 Å². The van der Waals surface area contributed by atoms with Crippen LogP contribution in [-0.2, 0) is 9.53 Å². The van der Waals surface area contributed by atoms with Gasteiger partial charge in [-0.2, -0.15) is 0 Å². The lowest BCUT2D eigenvalue weighted by molar-refractivity contribution is -0.125. The van der Waals surface area contributed by atoms with Crippen molar-refractivity contribution in [2.75, 3.05) is 12.3 Å². The smallest absolute Gasteiger partial charge is 0.340 e. The van der Waals surface area contributed by atoms with Crippen molar-refractivity contribution in [3.63, 3.8) is 0 Å². The normalized spacial score (nSPS) is 21.2. The Bertz CT molecular complexity index is 562. The van der Waals surface area contributed by atoms with Crippen LogP contribution in [0.3, 0.4) is 0 Å². The van der Waals surface area contributed by atoms with E-state index >= 15 is 0 Å². The molecule has 0 aliphatic heterocycles. The highest BCUT2D eigenvalue weighted by molar-refractivity contribution is 6.31. The Morgan fingerprint density at radius 3 is 2.82 bits per heavy atom. The summed E-state index contributed by atoms with van der Waals surface area (Å²) in [5, 5.41) is 3.32. The molecular formula is C16H21ClN2O3. The zero-order chi connectivity index (χ0) is 16.1. The third-order valence-corrected chi connectivity index (χ3v) is 4.26. The fourth-order valence-electron chi connectivity index (χ4n) is 2.69. The van der Waals surface area contributed by atoms with Gasteiger partial charge in [0.15, 0.2) is 6.61 Å². The summed E-state index contributed by atoms with van der Waals surface area (Å²) in [5.74, 6) is -0.475. The van der Waals surface area contributed by atoms with Gasteiger partial charge < -0.3 is 15.8 Å². The second-order valence-corrected chi connectivity index (χ2v) is 6.18. The van der Waals surface area contributed by atoms with Crippen molar-refractivity contribution >= 4 is 29.2 Å². The van der Waals surface area contributed by atoms with Gasteiger partial charge in [0.1, 0.15) is 0 Å². The molecule has 0 heterocycles. The Morgan fingerprint density at radius 1 is 1.36 bits per heavy atom. The molecule has 1 aromatic carbocycles. The lowest BCUT2D eigenvalue weighted by Crippen LogP contribution is -2.42. The summed E-state index contributed by atoms with van der Waals surface area (Å²) >= 11 is 5.83. The van der Waals surface area contributed by atoms with Crippen LogP contribution >= 0.6 is 11.6 Å². The van der Waals surface area contributed by atoms with Gasteiger partial charge in [-0.05, 0) is 37.0 Å². The molecular weight excluding hydrogens is 304 g/mol. The molecule has 2 atom stereocenters. The molecule has 0 saturated heterocycles. The standard InChI is InChI=1S/C16H21ClN2O3/c1-10-4-2-3-5-14(10)19-15(20)9-22-16(21)12-8-11(17)6-7-13(12)18/h6-8,10,14H,2-5,9,18H2,1H3,(H,19,20)/t10-,14-/m1/s1. The minimum atomic E-state index is -0.646. The molecule has 0 bridgehead atoms. The van der Waals surface area contributed by atoms with Crippen LogP contribution in [0.1, 0.15) is 43.0 Å². The molecule has 1 saturated carbocycles. The van der Waals surface area contributed by atoms with Crippen molar-refractivity contribution in [1.82, 2.24) is 5.32 Å². The highest BCUT2D eigenvalue weighted by atomic mass is 35.5. The number of carbonyl (C=O) groups excluding carboxylic acids is 2. The average Bonchev–Trinajstić information content (AvgIpc) is 2.49. The Labute approximate surface area is 135 Å². The monoisotopic (exact) mass is 324 g/mol. The third kappa shape index (κ3) is 4.37. The summed E-state index contributed by atoms with van der Waals surface area (Å²) in [6, 6.07) is 4.71. The maximum atomic E-state index is 11.9. The Balaban J connectivity index is 1.85. The predicted molar refractivity (Wildman–Crippen MR) is 85.7 cm³/mol. The number of hydrogen-bond donors (Lipinski definition) is 2. The van der Waals surface area contributed by atoms with E-state index in [9.17, 15) is 9.59 Å². The SMILES string of the molecule is C[C@@H]1CCCC[C@H]1NC(=O)COC(=O)c1cc(Cl)ccc1N. The maximum Gasteiger partial charge on any atom is 0.340 e. The fraction of sp³-hybridized carbons (Fsp3) is 0.500. The van der Waals surface area contributed by atoms with Crippen LogP contribution in [0.5, 0.6) is 0 Å². The number of esters is 1. The van der Waals surface area contributed by atoms with Gasteiger partial charge in [0.2, 0.25) is 0 Å². The number of nitrogens with two attached hydrogens (primary N) is 1. The third-order valence-electron chi connectivity index (χ3n) is 4.03. The van der Waals surface area contributed by atoms with Crippen molar-refractivity contribution < 1.29 is 14.3 Å². The molecule has 1 fully saturated rings. The van der Waals surface area contributed by atoms with Gasteiger partial charge in [-0.3, -0.25) is 4.79 Å². The topological polar surface area (TPSA) is 81.4 Å². The second-order valence-electron chi connectivity index (χ2n) is 5.74. The quantitative estimate of drug-likeness (QED) is 0.659. The number of hydrogen-bond acceptors (Lipinski definition) is 4. The van der Waals surface area contributed by atoms with Crippen LogP contribution in [0.25, 0.3) is 0 Å². The van der Waals surface area contributed by atoms with Crippen molar-refractivity contribution in [2.24, 2.45) is 5.92 Å². The second kappa shape index (κ2) is 7.49. The van der Waals surface area contributed by atoms with Crippen molar-refractivity contribution in [3.05, 3.63) is 28.8 Å². The molecule has 3 N–H and O–H groups in total. The van der Waals surface area contributed by atoms with Gasteiger partial charge in [0.05, 0.1) is 5.56 Å². The number of nitrogen functional groups attached to an aromatic ring is 1. The molecule has 0 spiro atoms. The number of rotatable bonds is 4. The summed E-state index contributed by atoms with van der Waals surface area (Å²) in [4.78, 5) is 23.8. The maximum absolute atomic E-state index is 11.9. The molecule has 1 aliphatic carbocycles. The van der Waals surface area contributed by atoms with E-state index < -0.39 is 5.97 Å². The first-order valence-electron chi connectivity index (χ1n) is 7.49. The van der Waals surface area contributed by atoms with Gasteiger partial charge >= 0.3 is 5.97 Å². The molecule has 0 aromatic heterocycles. The predicted octanol–water partition coefficient (Wildman–Crippen LogP) is 2.77. The Kier molecular flexibility index (Phi) is 5.66. The van der Waals surface area contributed by atoms with E-state index in [0.717, 1.165) is 19.3 Å². The number of ether oxygens (including phenoxy) is 1. The molecule has 0 radical (unpaired) electrons. The molecule has 1 amide bonds. The number of halogens is 1. The van der Waals surface area contributed by atoms with Crippen molar-refractivity contribution in [3.8, 4) is 0 Å². The van der Waals surface area contributed by atoms with E-state index in [-0.39, 0.29) is 29.8 Å².